The maximum atomic E-state index is 9.75. The van der Waals surface area contributed by atoms with Gasteiger partial charge in [-0.2, -0.15) is 0 Å². The Morgan fingerprint density at radius 1 is 0.750 bits per heavy atom. The highest BCUT2D eigenvalue weighted by Gasteiger charge is 2.37. The first-order valence-corrected chi connectivity index (χ1v) is 11.7. The molecule has 0 bridgehead atoms. The molecule has 2 rings (SSSR count). The SMILES string of the molecule is CC(C)CCCCCCCCC(OP(O)O)(c1ccccc1)c1ccccc1. The molecule has 0 heterocycles. The van der Waals surface area contributed by atoms with Crippen molar-refractivity contribution in [3.05, 3.63) is 71.8 Å². The lowest BCUT2D eigenvalue weighted by Crippen LogP contribution is -2.29. The summed E-state index contributed by atoms with van der Waals surface area (Å²) < 4.78 is 5.86. The summed E-state index contributed by atoms with van der Waals surface area (Å²) in [5.74, 6) is 0.793. The Labute approximate surface area is 171 Å². The molecule has 28 heavy (non-hydrogen) atoms. The molecule has 0 unspecified atom stereocenters. The van der Waals surface area contributed by atoms with Gasteiger partial charge in [-0.15, -0.1) is 0 Å². The highest BCUT2D eigenvalue weighted by Crippen LogP contribution is 2.46. The molecule has 4 heteroatoms. The lowest BCUT2D eigenvalue weighted by molar-refractivity contribution is 0.0791. The van der Waals surface area contributed by atoms with Crippen molar-refractivity contribution in [1.29, 1.82) is 0 Å². The van der Waals surface area contributed by atoms with Crippen LogP contribution in [0, 0.1) is 5.92 Å². The monoisotopic (exact) mass is 402 g/mol. The number of unbranched alkanes of at least 4 members (excludes halogenated alkanes) is 5. The van der Waals surface area contributed by atoms with Gasteiger partial charge in [-0.3, -0.25) is 4.52 Å². The van der Waals surface area contributed by atoms with Crippen molar-refractivity contribution in [2.75, 3.05) is 0 Å². The summed E-state index contributed by atoms with van der Waals surface area (Å²) >= 11 is 0. The Morgan fingerprint density at radius 3 is 1.68 bits per heavy atom. The van der Waals surface area contributed by atoms with Crippen LogP contribution in [0.4, 0.5) is 0 Å². The quantitative estimate of drug-likeness (QED) is 0.282. The maximum absolute atomic E-state index is 9.75. The van der Waals surface area contributed by atoms with Crippen LogP contribution in [0.25, 0.3) is 0 Å². The van der Waals surface area contributed by atoms with E-state index in [1.54, 1.807) is 0 Å². The van der Waals surface area contributed by atoms with Crippen LogP contribution >= 0.6 is 8.60 Å². The Hall–Kier alpha value is -1.25. The molecule has 2 N–H and O–H groups in total. The molecule has 154 valence electrons. The van der Waals surface area contributed by atoms with E-state index in [9.17, 15) is 9.79 Å². The first kappa shape index (κ1) is 23.0. The molecule has 0 spiro atoms. The van der Waals surface area contributed by atoms with Crippen molar-refractivity contribution >= 4 is 8.60 Å². The van der Waals surface area contributed by atoms with Crippen molar-refractivity contribution in [3.8, 4) is 0 Å². The average molecular weight is 403 g/mol. The fourth-order valence-corrected chi connectivity index (χ4v) is 4.38. The largest absolute Gasteiger partial charge is 0.328 e. The van der Waals surface area contributed by atoms with E-state index in [1.807, 2.05) is 60.7 Å². The fraction of sp³-hybridized carbons (Fsp3) is 0.500. The highest BCUT2D eigenvalue weighted by atomic mass is 31.2. The zero-order chi connectivity index (χ0) is 20.2. The highest BCUT2D eigenvalue weighted by molar-refractivity contribution is 7.39. The van der Waals surface area contributed by atoms with Gasteiger partial charge in [-0.1, -0.05) is 113 Å². The van der Waals surface area contributed by atoms with Crippen molar-refractivity contribution in [2.45, 2.75) is 70.8 Å². The maximum Gasteiger partial charge on any atom is 0.328 e. The van der Waals surface area contributed by atoms with Gasteiger partial charge >= 0.3 is 8.60 Å². The molecule has 0 aliphatic rings. The lowest BCUT2D eigenvalue weighted by atomic mass is 9.82. The Kier molecular flexibility index (Phi) is 10.2. The van der Waals surface area contributed by atoms with E-state index < -0.39 is 14.2 Å². The molecule has 0 fully saturated rings. The van der Waals surface area contributed by atoms with Crippen LogP contribution in [0.5, 0.6) is 0 Å². The summed E-state index contributed by atoms with van der Waals surface area (Å²) in [6.07, 6.45) is 9.25. The standard InChI is InChI=1S/C24H35O3P/c1-21(2)15-9-5-3-4-6-14-20-24(27-28(25)26,22-16-10-7-11-17-22)23-18-12-8-13-19-23/h7-8,10-13,16-19,21,25-26H,3-6,9,14-15,20H2,1-2H3. The van der Waals surface area contributed by atoms with Crippen molar-refractivity contribution in [3.63, 3.8) is 0 Å². The molecule has 0 aliphatic carbocycles. The van der Waals surface area contributed by atoms with E-state index in [2.05, 4.69) is 13.8 Å². The second-order valence-electron chi connectivity index (χ2n) is 7.96. The number of hydrogen-bond donors (Lipinski definition) is 2. The molecule has 0 aliphatic heterocycles. The van der Waals surface area contributed by atoms with Crippen molar-refractivity contribution in [1.82, 2.24) is 0 Å². The minimum absolute atomic E-state index is 0.729. The number of rotatable bonds is 13. The summed E-state index contributed by atoms with van der Waals surface area (Å²) in [6.45, 7) is 4.56. The third kappa shape index (κ3) is 7.29. The minimum atomic E-state index is -2.47. The van der Waals surface area contributed by atoms with Gasteiger partial charge in [0.25, 0.3) is 0 Å². The normalized spacial score (nSPS) is 12.1. The van der Waals surface area contributed by atoms with Gasteiger partial charge in [0.2, 0.25) is 0 Å². The zero-order valence-electron chi connectivity index (χ0n) is 17.3. The van der Waals surface area contributed by atoms with Gasteiger partial charge in [-0.25, -0.2) is 0 Å². The molecule has 0 atom stereocenters. The number of hydrogen-bond acceptors (Lipinski definition) is 3. The topological polar surface area (TPSA) is 49.7 Å². The van der Waals surface area contributed by atoms with E-state index in [0.29, 0.717) is 0 Å². The number of benzene rings is 2. The summed E-state index contributed by atoms with van der Waals surface area (Å²) in [5, 5.41) is 0. The van der Waals surface area contributed by atoms with Crippen LogP contribution in [0.15, 0.2) is 60.7 Å². The molecule has 3 nitrogen and oxygen atoms in total. The van der Waals surface area contributed by atoms with E-state index >= 15 is 0 Å². The van der Waals surface area contributed by atoms with Crippen LogP contribution in [-0.4, -0.2) is 9.79 Å². The summed E-state index contributed by atoms with van der Waals surface area (Å²) in [6, 6.07) is 19.9. The van der Waals surface area contributed by atoms with Gasteiger partial charge in [0.05, 0.1) is 0 Å². The lowest BCUT2D eigenvalue weighted by Gasteiger charge is -2.35. The second kappa shape index (κ2) is 12.3. The summed E-state index contributed by atoms with van der Waals surface area (Å²) in [5.41, 5.74) is 1.11. The van der Waals surface area contributed by atoms with Crippen LogP contribution < -0.4 is 0 Å². The zero-order valence-corrected chi connectivity index (χ0v) is 18.2. The Bertz CT molecular complexity index is 604. The predicted octanol–water partition coefficient (Wildman–Crippen LogP) is 6.94. The van der Waals surface area contributed by atoms with Crippen LogP contribution in [0.1, 0.15) is 76.3 Å². The Morgan fingerprint density at radius 2 is 1.21 bits per heavy atom. The van der Waals surface area contributed by atoms with Crippen LogP contribution in [0.3, 0.4) is 0 Å². The Balaban J connectivity index is 2.04. The minimum Gasteiger partial charge on any atom is -0.328 e. The van der Waals surface area contributed by atoms with Crippen molar-refractivity contribution in [2.24, 2.45) is 5.92 Å². The molecule has 0 aromatic heterocycles. The molecule has 0 amide bonds. The van der Waals surface area contributed by atoms with E-state index in [-0.39, 0.29) is 0 Å². The van der Waals surface area contributed by atoms with Gasteiger partial charge in [0.15, 0.2) is 0 Å². The van der Waals surface area contributed by atoms with E-state index in [4.69, 9.17) is 4.52 Å². The van der Waals surface area contributed by atoms with E-state index in [1.165, 1.54) is 32.1 Å². The third-order valence-corrected chi connectivity index (χ3v) is 5.75. The summed E-state index contributed by atoms with van der Waals surface area (Å²) in [4.78, 5) is 19.5. The first-order chi connectivity index (χ1) is 13.5. The molecule has 0 saturated heterocycles. The third-order valence-electron chi connectivity index (χ3n) is 5.28. The van der Waals surface area contributed by atoms with Gasteiger partial charge in [0.1, 0.15) is 5.60 Å². The molecular weight excluding hydrogens is 367 g/mol. The van der Waals surface area contributed by atoms with Gasteiger partial charge in [0, 0.05) is 0 Å². The van der Waals surface area contributed by atoms with Gasteiger partial charge in [-0.05, 0) is 29.9 Å². The molecule has 0 radical (unpaired) electrons. The van der Waals surface area contributed by atoms with Crippen LogP contribution in [0.2, 0.25) is 0 Å². The fourth-order valence-electron chi connectivity index (χ4n) is 3.79. The van der Waals surface area contributed by atoms with Crippen molar-refractivity contribution < 1.29 is 14.3 Å². The smallest absolute Gasteiger partial charge is 0.328 e. The molecule has 0 saturated carbocycles. The molecule has 2 aromatic carbocycles. The first-order valence-electron chi connectivity index (χ1n) is 10.5. The van der Waals surface area contributed by atoms with Gasteiger partial charge < -0.3 is 9.79 Å². The van der Waals surface area contributed by atoms with Crippen LogP contribution in [-0.2, 0) is 10.1 Å². The average Bonchev–Trinajstić information content (AvgIpc) is 2.70. The van der Waals surface area contributed by atoms with E-state index in [0.717, 1.165) is 36.3 Å². The predicted molar refractivity (Wildman–Crippen MR) is 118 cm³/mol. The molecular formula is C24H35O3P. The second-order valence-corrected chi connectivity index (χ2v) is 8.64. The summed E-state index contributed by atoms with van der Waals surface area (Å²) in [7, 11) is -2.47. The molecule has 2 aromatic rings.